The molecule has 0 saturated carbocycles. The Hall–Kier alpha value is -3.55. The van der Waals surface area contributed by atoms with Gasteiger partial charge in [-0.1, -0.05) is 12.1 Å². The first-order valence-electron chi connectivity index (χ1n) is 8.08. The summed E-state index contributed by atoms with van der Waals surface area (Å²) in [6.07, 6.45) is 4.47. The van der Waals surface area contributed by atoms with Crippen LogP contribution >= 0.6 is 0 Å². The van der Waals surface area contributed by atoms with Crippen LogP contribution in [-0.2, 0) is 6.54 Å². The van der Waals surface area contributed by atoms with E-state index in [1.807, 2.05) is 24.3 Å². The first-order chi connectivity index (χ1) is 12.7. The highest BCUT2D eigenvalue weighted by Gasteiger charge is 2.21. The molecule has 26 heavy (non-hydrogen) atoms. The van der Waals surface area contributed by atoms with Crippen LogP contribution in [0.5, 0.6) is 11.5 Å². The molecule has 8 heteroatoms. The number of nitrogens with zero attached hydrogens (tertiary/aromatic N) is 2. The predicted octanol–water partition coefficient (Wildman–Crippen LogP) is 1.66. The Kier molecular flexibility index (Phi) is 4.14. The zero-order valence-corrected chi connectivity index (χ0v) is 13.7. The van der Waals surface area contributed by atoms with Gasteiger partial charge in [0.05, 0.1) is 24.0 Å². The Morgan fingerprint density at radius 1 is 1.27 bits per heavy atom. The maximum Gasteiger partial charge on any atom is 0.257 e. The number of aromatic amines is 1. The molecular weight excluding hydrogens is 336 g/mol. The quantitative estimate of drug-likeness (QED) is 0.744. The second-order valence-corrected chi connectivity index (χ2v) is 5.84. The summed E-state index contributed by atoms with van der Waals surface area (Å²) in [6, 6.07) is 10.3. The van der Waals surface area contributed by atoms with Crippen LogP contribution in [-0.4, -0.2) is 33.4 Å². The number of hydrogen-bond donors (Lipinski definition) is 2. The zero-order chi connectivity index (χ0) is 17.9. The number of carbonyl (C=O) groups excluding carboxylic acids is 1. The summed E-state index contributed by atoms with van der Waals surface area (Å²) in [4.78, 5) is 25.7. The molecule has 0 saturated heterocycles. The second-order valence-electron chi connectivity index (χ2n) is 5.84. The lowest BCUT2D eigenvalue weighted by Gasteiger charge is -2.26. The zero-order valence-electron chi connectivity index (χ0n) is 13.7. The number of rotatable bonds is 4. The van der Waals surface area contributed by atoms with Gasteiger partial charge in [-0.15, -0.1) is 0 Å². The Balaban J connectivity index is 1.38. The monoisotopic (exact) mass is 352 g/mol. The van der Waals surface area contributed by atoms with Crippen molar-refractivity contribution in [2.75, 3.05) is 11.9 Å². The first-order valence-corrected chi connectivity index (χ1v) is 8.08. The van der Waals surface area contributed by atoms with E-state index >= 15 is 0 Å². The molecule has 0 bridgehead atoms. The fourth-order valence-corrected chi connectivity index (χ4v) is 2.64. The van der Waals surface area contributed by atoms with Gasteiger partial charge >= 0.3 is 0 Å². The highest BCUT2D eigenvalue weighted by molar-refractivity contribution is 6.03. The average molecular weight is 352 g/mol. The molecule has 1 amide bonds. The van der Waals surface area contributed by atoms with Gasteiger partial charge in [-0.25, -0.2) is 0 Å². The van der Waals surface area contributed by atoms with E-state index in [-0.39, 0.29) is 17.6 Å². The maximum atomic E-state index is 12.1. The van der Waals surface area contributed by atoms with Crippen molar-refractivity contribution in [3.05, 3.63) is 70.9 Å². The van der Waals surface area contributed by atoms with Gasteiger partial charge in [-0.3, -0.25) is 14.3 Å². The summed E-state index contributed by atoms with van der Waals surface area (Å²) in [5.41, 5.74) is 0.655. The van der Waals surface area contributed by atoms with Gasteiger partial charge in [0.15, 0.2) is 17.6 Å². The molecule has 0 spiro atoms. The lowest BCUT2D eigenvalue weighted by Crippen LogP contribution is -2.33. The minimum atomic E-state index is -0.327. The Bertz CT molecular complexity index is 974. The number of carbonyl (C=O) groups is 1. The molecule has 3 heterocycles. The van der Waals surface area contributed by atoms with E-state index in [1.54, 1.807) is 17.1 Å². The Morgan fingerprint density at radius 2 is 2.12 bits per heavy atom. The third-order valence-corrected chi connectivity index (χ3v) is 3.90. The standard InChI is InChI=1S/C18H16N4O4/c23-17-6-5-12(7-19-17)18(24)21-13-8-20-22(9-13)10-14-11-25-15-3-1-2-4-16(15)26-14/h1-9,14H,10-11H2,(H,19,23)(H,21,24)/t14-/m1/s1. The summed E-state index contributed by atoms with van der Waals surface area (Å²) >= 11 is 0. The highest BCUT2D eigenvalue weighted by atomic mass is 16.6. The number of aromatic nitrogens is 3. The van der Waals surface area contributed by atoms with Gasteiger partial charge in [0.25, 0.3) is 5.91 Å². The molecular formula is C18H16N4O4. The molecule has 0 unspecified atom stereocenters. The third kappa shape index (κ3) is 3.44. The molecule has 0 radical (unpaired) electrons. The van der Waals surface area contributed by atoms with Gasteiger partial charge in [-0.05, 0) is 18.2 Å². The first kappa shape index (κ1) is 15.9. The number of hydrogen-bond acceptors (Lipinski definition) is 5. The summed E-state index contributed by atoms with van der Waals surface area (Å²) in [5, 5.41) is 6.97. The summed E-state index contributed by atoms with van der Waals surface area (Å²) in [7, 11) is 0. The predicted molar refractivity (Wildman–Crippen MR) is 93.6 cm³/mol. The summed E-state index contributed by atoms with van der Waals surface area (Å²) < 4.78 is 13.3. The van der Waals surface area contributed by atoms with E-state index in [1.165, 1.54) is 18.3 Å². The molecule has 1 aliphatic heterocycles. The maximum absolute atomic E-state index is 12.1. The average Bonchev–Trinajstić information content (AvgIpc) is 3.09. The van der Waals surface area contributed by atoms with Gasteiger partial charge in [-0.2, -0.15) is 5.10 Å². The molecule has 4 rings (SSSR count). The van der Waals surface area contributed by atoms with E-state index < -0.39 is 0 Å². The molecule has 1 aromatic carbocycles. The summed E-state index contributed by atoms with van der Waals surface area (Å²) in [5.74, 6) is 1.12. The Morgan fingerprint density at radius 3 is 2.92 bits per heavy atom. The number of H-pyrrole nitrogens is 1. The largest absolute Gasteiger partial charge is 0.486 e. The molecule has 0 aliphatic carbocycles. The molecule has 132 valence electrons. The second kappa shape index (κ2) is 6.75. The van der Waals surface area contributed by atoms with Crippen molar-refractivity contribution < 1.29 is 14.3 Å². The van der Waals surface area contributed by atoms with E-state index in [9.17, 15) is 9.59 Å². The smallest absolute Gasteiger partial charge is 0.257 e. The highest BCUT2D eigenvalue weighted by Crippen LogP contribution is 2.31. The van der Waals surface area contributed by atoms with E-state index in [2.05, 4.69) is 15.4 Å². The van der Waals surface area contributed by atoms with Crippen LogP contribution in [0.1, 0.15) is 10.4 Å². The van der Waals surface area contributed by atoms with Gasteiger partial charge in [0.2, 0.25) is 5.56 Å². The number of benzene rings is 1. The fourth-order valence-electron chi connectivity index (χ4n) is 2.64. The van der Waals surface area contributed by atoms with Crippen molar-refractivity contribution in [3.8, 4) is 11.5 Å². The van der Waals surface area contributed by atoms with Crippen LogP contribution in [0.25, 0.3) is 0 Å². The molecule has 3 aromatic rings. The van der Waals surface area contributed by atoms with Crippen molar-refractivity contribution in [2.45, 2.75) is 12.6 Å². The van der Waals surface area contributed by atoms with Crippen molar-refractivity contribution in [1.29, 1.82) is 0 Å². The number of amides is 1. The van der Waals surface area contributed by atoms with Crippen LogP contribution in [0.2, 0.25) is 0 Å². The van der Waals surface area contributed by atoms with E-state index in [4.69, 9.17) is 9.47 Å². The minimum Gasteiger partial charge on any atom is -0.486 e. The molecule has 2 aromatic heterocycles. The van der Waals surface area contributed by atoms with Gasteiger partial charge in [0.1, 0.15) is 6.61 Å². The number of anilines is 1. The SMILES string of the molecule is O=C(Nc1cnn(C[C@@H]2COc3ccccc3O2)c1)c1ccc(=O)[nH]c1. The number of nitrogens with one attached hydrogen (secondary N) is 2. The lowest BCUT2D eigenvalue weighted by molar-refractivity contribution is 0.0759. The summed E-state index contributed by atoms with van der Waals surface area (Å²) in [6.45, 7) is 0.915. The molecule has 0 fully saturated rings. The minimum absolute atomic E-state index is 0.174. The van der Waals surface area contributed by atoms with Crippen LogP contribution < -0.4 is 20.3 Å². The number of pyridine rings is 1. The van der Waals surface area contributed by atoms with Crippen molar-refractivity contribution >= 4 is 11.6 Å². The van der Waals surface area contributed by atoms with Gasteiger partial charge < -0.3 is 19.8 Å². The topological polar surface area (TPSA) is 98.2 Å². The number of fused-ring (bicyclic) bond motifs is 1. The van der Waals surface area contributed by atoms with Crippen molar-refractivity contribution in [3.63, 3.8) is 0 Å². The van der Waals surface area contributed by atoms with E-state index in [0.29, 0.717) is 30.2 Å². The molecule has 8 nitrogen and oxygen atoms in total. The van der Waals surface area contributed by atoms with Crippen LogP contribution in [0.4, 0.5) is 5.69 Å². The van der Waals surface area contributed by atoms with Crippen LogP contribution in [0.3, 0.4) is 0 Å². The fraction of sp³-hybridized carbons (Fsp3) is 0.167. The van der Waals surface area contributed by atoms with Crippen molar-refractivity contribution in [2.24, 2.45) is 0 Å². The number of ether oxygens (including phenoxy) is 2. The molecule has 1 atom stereocenters. The normalized spacial score (nSPS) is 15.5. The molecule has 2 N–H and O–H groups in total. The van der Waals surface area contributed by atoms with Gasteiger partial charge in [0, 0.05) is 18.5 Å². The van der Waals surface area contributed by atoms with Crippen LogP contribution in [0, 0.1) is 0 Å². The van der Waals surface area contributed by atoms with Crippen LogP contribution in [0.15, 0.2) is 59.8 Å². The molecule has 1 aliphatic rings. The van der Waals surface area contributed by atoms with Crippen molar-refractivity contribution in [1.82, 2.24) is 14.8 Å². The third-order valence-electron chi connectivity index (χ3n) is 3.90. The number of para-hydroxylation sites is 2. The van der Waals surface area contributed by atoms with E-state index in [0.717, 1.165) is 5.75 Å². The lowest BCUT2D eigenvalue weighted by atomic mass is 10.2. The Labute approximate surface area is 148 Å².